The molecule has 0 aliphatic carbocycles. The monoisotopic (exact) mass is 727 g/mol. The van der Waals surface area contributed by atoms with Gasteiger partial charge in [0, 0.05) is 25.1 Å². The van der Waals surface area contributed by atoms with E-state index in [9.17, 15) is 45.4 Å². The molecular formula is C36H40F7N3O5. The highest BCUT2D eigenvalue weighted by atomic mass is 19.4. The highest BCUT2D eigenvalue weighted by Crippen LogP contribution is 2.47. The number of carboxylic acid groups (broad SMARTS) is 1. The van der Waals surface area contributed by atoms with Crippen molar-refractivity contribution in [2.75, 3.05) is 46.9 Å². The summed E-state index contributed by atoms with van der Waals surface area (Å²) in [7, 11) is 3.02. The van der Waals surface area contributed by atoms with Crippen molar-refractivity contribution < 1.29 is 54.9 Å². The summed E-state index contributed by atoms with van der Waals surface area (Å²) in [5.74, 6) is -2.19. The lowest BCUT2D eigenvalue weighted by atomic mass is 9.76. The number of aliphatic carboxylic acids is 1. The first-order valence-electron chi connectivity index (χ1n) is 16.6. The van der Waals surface area contributed by atoms with E-state index >= 15 is 0 Å². The van der Waals surface area contributed by atoms with Crippen molar-refractivity contribution >= 4 is 22.6 Å². The van der Waals surface area contributed by atoms with E-state index in [2.05, 4.69) is 5.32 Å². The van der Waals surface area contributed by atoms with Crippen LogP contribution in [0.2, 0.25) is 0 Å². The molecule has 2 aliphatic rings. The Morgan fingerprint density at radius 2 is 1.61 bits per heavy atom. The van der Waals surface area contributed by atoms with E-state index in [4.69, 9.17) is 9.47 Å². The van der Waals surface area contributed by atoms with Crippen molar-refractivity contribution in [2.45, 2.75) is 63.2 Å². The van der Waals surface area contributed by atoms with Gasteiger partial charge in [0.2, 0.25) is 5.91 Å². The summed E-state index contributed by atoms with van der Waals surface area (Å²) < 4.78 is 108. The van der Waals surface area contributed by atoms with Crippen LogP contribution in [0.15, 0.2) is 48.5 Å². The summed E-state index contributed by atoms with van der Waals surface area (Å²) in [6, 6.07) is 12.2. The number of benzene rings is 3. The zero-order chi connectivity index (χ0) is 37.1. The van der Waals surface area contributed by atoms with E-state index in [0.717, 1.165) is 23.4 Å². The molecule has 0 spiro atoms. The lowest BCUT2D eigenvalue weighted by Crippen LogP contribution is -2.59. The van der Waals surface area contributed by atoms with Crippen molar-refractivity contribution in [1.29, 1.82) is 0 Å². The second-order valence-corrected chi connectivity index (χ2v) is 13.2. The van der Waals surface area contributed by atoms with E-state index < -0.39 is 74.3 Å². The zero-order valence-electron chi connectivity index (χ0n) is 28.2. The van der Waals surface area contributed by atoms with Crippen molar-refractivity contribution in [1.82, 2.24) is 15.1 Å². The molecule has 0 aromatic heterocycles. The number of fused-ring (bicyclic) bond motifs is 1. The third-order valence-corrected chi connectivity index (χ3v) is 9.87. The van der Waals surface area contributed by atoms with Crippen molar-refractivity contribution in [3.05, 3.63) is 59.7 Å². The molecule has 2 saturated heterocycles. The first-order chi connectivity index (χ1) is 24.1. The minimum atomic E-state index is -5.13. The van der Waals surface area contributed by atoms with Crippen LogP contribution in [0.25, 0.3) is 21.9 Å². The van der Waals surface area contributed by atoms with Crippen LogP contribution in [0.3, 0.4) is 0 Å². The molecule has 2 heterocycles. The Kier molecular flexibility index (Phi) is 11.4. The van der Waals surface area contributed by atoms with Gasteiger partial charge in [-0.2, -0.15) is 26.3 Å². The number of carboxylic acids is 1. The molecule has 0 bridgehead atoms. The molecule has 8 nitrogen and oxygen atoms in total. The van der Waals surface area contributed by atoms with E-state index in [-0.39, 0.29) is 6.42 Å². The molecular weight excluding hydrogens is 687 g/mol. The predicted octanol–water partition coefficient (Wildman–Crippen LogP) is 6.78. The van der Waals surface area contributed by atoms with Gasteiger partial charge in [-0.05, 0) is 73.3 Å². The Balaban J connectivity index is 1.46. The topological polar surface area (TPSA) is 91.3 Å². The molecule has 2 aliphatic heterocycles. The van der Waals surface area contributed by atoms with E-state index in [1.807, 2.05) is 17.0 Å². The largest absolute Gasteiger partial charge is 0.496 e. The Morgan fingerprint density at radius 3 is 2.22 bits per heavy atom. The number of piperidine rings is 2. The third kappa shape index (κ3) is 8.35. The summed E-state index contributed by atoms with van der Waals surface area (Å²) in [4.78, 5) is 28.5. The Labute approximate surface area is 290 Å². The highest BCUT2D eigenvalue weighted by Gasteiger charge is 2.61. The summed E-state index contributed by atoms with van der Waals surface area (Å²) in [6.45, 7) is -1.24. The number of nitrogens with zero attached hydrogens (tertiary/aromatic N) is 2. The molecule has 278 valence electrons. The fourth-order valence-electron chi connectivity index (χ4n) is 7.25. The standard InChI is InChI=1S/C36H40F7N3O5/c1-50-29-12-11-23(19-46-15-5-7-24(37)20-46)31(51-2)30(29)27-10-4-8-25-22(6-3-9-26(25)27)18-28(32(47)48)44-33(49)34(36(41,42)43)13-16-45(17-14-34)21-35(38,39)40/h3-4,6,8-12,24,28H,5,7,13-21H2,1-2H3,(H,44,49)(H,47,48)/t24?,28-/m0/s1. The molecule has 1 unspecified atom stereocenters. The maximum atomic E-state index is 14.4. The van der Waals surface area contributed by atoms with E-state index in [1.165, 1.54) is 14.2 Å². The molecule has 2 fully saturated rings. The number of methoxy groups -OCH3 is 2. The number of ether oxygens (including phenoxy) is 2. The summed E-state index contributed by atoms with van der Waals surface area (Å²) >= 11 is 0. The number of likely N-dealkylation sites (tertiary alicyclic amines) is 2. The molecule has 51 heavy (non-hydrogen) atoms. The van der Waals surface area contributed by atoms with Gasteiger partial charge in [-0.3, -0.25) is 14.6 Å². The first kappa shape index (κ1) is 38.1. The number of hydrogen-bond donors (Lipinski definition) is 2. The van der Waals surface area contributed by atoms with Gasteiger partial charge in [-0.15, -0.1) is 0 Å². The van der Waals surface area contributed by atoms with E-state index in [0.29, 0.717) is 58.5 Å². The number of carbonyl (C=O) groups is 2. The van der Waals surface area contributed by atoms with Crippen LogP contribution in [0, 0.1) is 5.41 Å². The Bertz CT molecular complexity index is 1720. The molecule has 2 N–H and O–H groups in total. The van der Waals surface area contributed by atoms with Gasteiger partial charge in [-0.1, -0.05) is 42.5 Å². The first-order valence-corrected chi connectivity index (χ1v) is 16.6. The minimum absolute atomic E-state index is 0.296. The molecule has 5 rings (SSSR count). The van der Waals surface area contributed by atoms with E-state index in [1.54, 1.807) is 36.4 Å². The van der Waals surface area contributed by atoms with Gasteiger partial charge in [0.15, 0.2) is 0 Å². The zero-order valence-corrected chi connectivity index (χ0v) is 28.2. The summed E-state index contributed by atoms with van der Waals surface area (Å²) in [6.07, 6.45) is -11.7. The number of hydrogen-bond acceptors (Lipinski definition) is 6. The second kappa shape index (κ2) is 15.2. The summed E-state index contributed by atoms with van der Waals surface area (Å²) in [5.41, 5.74) is -0.580. The van der Waals surface area contributed by atoms with Gasteiger partial charge < -0.3 is 19.9 Å². The van der Waals surface area contributed by atoms with Crippen molar-refractivity contribution in [3.8, 4) is 22.6 Å². The van der Waals surface area contributed by atoms with Gasteiger partial charge in [0.05, 0.1) is 26.3 Å². The Hall–Kier alpha value is -4.11. The number of rotatable bonds is 11. The molecule has 3 aromatic carbocycles. The molecule has 2 atom stereocenters. The molecule has 1 amide bonds. The van der Waals surface area contributed by atoms with Crippen LogP contribution >= 0.6 is 0 Å². The number of carbonyl (C=O) groups excluding carboxylic acids is 1. The average Bonchev–Trinajstić information content (AvgIpc) is 3.06. The molecule has 3 aromatic rings. The number of alkyl halides is 7. The molecule has 0 saturated carbocycles. The van der Waals surface area contributed by atoms with Gasteiger partial charge in [-0.25, -0.2) is 9.18 Å². The summed E-state index contributed by atoms with van der Waals surface area (Å²) in [5, 5.41) is 13.3. The predicted molar refractivity (Wildman–Crippen MR) is 175 cm³/mol. The molecule has 0 radical (unpaired) electrons. The number of amides is 1. The number of nitrogens with one attached hydrogen (secondary N) is 1. The Morgan fingerprint density at radius 1 is 0.922 bits per heavy atom. The second-order valence-electron chi connectivity index (χ2n) is 13.2. The lowest BCUT2D eigenvalue weighted by molar-refractivity contribution is -0.236. The van der Waals surface area contributed by atoms with Crippen LogP contribution in [-0.2, 0) is 22.6 Å². The van der Waals surface area contributed by atoms with Crippen LogP contribution in [0.4, 0.5) is 30.7 Å². The minimum Gasteiger partial charge on any atom is -0.496 e. The smallest absolute Gasteiger partial charge is 0.403 e. The third-order valence-electron chi connectivity index (χ3n) is 9.87. The molecule has 15 heteroatoms. The lowest BCUT2D eigenvalue weighted by Gasteiger charge is -2.42. The van der Waals surface area contributed by atoms with Gasteiger partial charge in [0.25, 0.3) is 0 Å². The highest BCUT2D eigenvalue weighted by molar-refractivity contribution is 6.01. The quantitative estimate of drug-likeness (QED) is 0.211. The SMILES string of the molecule is COc1ccc(CN2CCCC(F)C2)c(OC)c1-c1cccc2c(C[C@H](NC(=O)C3(C(F)(F)F)CCN(CC(F)(F)F)CC3)C(=O)O)cccc12. The maximum Gasteiger partial charge on any atom is 0.403 e. The van der Waals surface area contributed by atoms with Gasteiger partial charge >= 0.3 is 18.3 Å². The van der Waals surface area contributed by atoms with Crippen LogP contribution in [0.1, 0.15) is 36.8 Å². The maximum absolute atomic E-state index is 14.4. The van der Waals surface area contributed by atoms with Crippen molar-refractivity contribution in [2.24, 2.45) is 5.41 Å². The van der Waals surface area contributed by atoms with Crippen LogP contribution < -0.4 is 14.8 Å². The van der Waals surface area contributed by atoms with Crippen molar-refractivity contribution in [3.63, 3.8) is 0 Å². The fraction of sp³-hybridized carbons (Fsp3) is 0.500. The van der Waals surface area contributed by atoms with Crippen LogP contribution in [0.5, 0.6) is 11.5 Å². The van der Waals surface area contributed by atoms with Gasteiger partial charge in [0.1, 0.15) is 29.1 Å². The average molecular weight is 728 g/mol. The number of halogens is 7. The fourth-order valence-corrected chi connectivity index (χ4v) is 7.25. The normalized spacial score (nSPS) is 19.4. The van der Waals surface area contributed by atoms with Crippen LogP contribution in [-0.4, -0.2) is 98.3 Å².